The number of aliphatic carboxylic acids is 1. The number of rotatable bonds is 2. The molecule has 24 heavy (non-hydrogen) atoms. The highest BCUT2D eigenvalue weighted by Crippen LogP contribution is 2.13. The van der Waals surface area contributed by atoms with Gasteiger partial charge in [0.2, 0.25) is 5.91 Å². The molecule has 0 bridgehead atoms. The highest BCUT2D eigenvalue weighted by Gasteiger charge is 2.38. The van der Waals surface area contributed by atoms with Gasteiger partial charge < -0.3 is 15.3 Å². The average Bonchev–Trinajstić information content (AvgIpc) is 2.90. The lowest BCUT2D eigenvalue weighted by Gasteiger charge is -2.33. The first-order valence-electron chi connectivity index (χ1n) is 7.10. The molecule has 2 rings (SSSR count). The van der Waals surface area contributed by atoms with Gasteiger partial charge >= 0.3 is 12.1 Å². The number of nitrogens with one attached hydrogen (secondary N) is 1. The van der Waals surface area contributed by atoms with Crippen LogP contribution in [-0.4, -0.2) is 63.5 Å². The van der Waals surface area contributed by atoms with Crippen LogP contribution in [0.3, 0.4) is 0 Å². The van der Waals surface area contributed by atoms with E-state index in [9.17, 15) is 18.0 Å². The minimum atomic E-state index is -5.08. The SMILES string of the molecule is CC1CNCCN1C(=O)/C=C/c1ccnn1C.O=C(O)C(F)(F)F. The minimum absolute atomic E-state index is 0.0696. The molecule has 0 spiro atoms. The number of alkyl halides is 3. The molecule has 1 aromatic heterocycles. The summed E-state index contributed by atoms with van der Waals surface area (Å²) in [4.78, 5) is 22.8. The summed E-state index contributed by atoms with van der Waals surface area (Å²) in [7, 11) is 1.86. The smallest absolute Gasteiger partial charge is 0.475 e. The molecule has 1 amide bonds. The van der Waals surface area contributed by atoms with Gasteiger partial charge in [-0.25, -0.2) is 4.79 Å². The van der Waals surface area contributed by atoms with E-state index in [-0.39, 0.29) is 11.9 Å². The maximum absolute atomic E-state index is 12.0. The molecule has 1 saturated heterocycles. The molecular weight excluding hydrogens is 329 g/mol. The Bertz CT molecular complexity index is 598. The van der Waals surface area contributed by atoms with E-state index in [1.165, 1.54) is 0 Å². The van der Waals surface area contributed by atoms with E-state index in [2.05, 4.69) is 17.3 Å². The second-order valence-corrected chi connectivity index (χ2v) is 5.10. The first-order valence-corrected chi connectivity index (χ1v) is 7.10. The second kappa shape index (κ2) is 8.48. The van der Waals surface area contributed by atoms with Gasteiger partial charge in [-0.05, 0) is 19.1 Å². The number of carboxylic acid groups (broad SMARTS) is 1. The number of hydrogen-bond acceptors (Lipinski definition) is 4. The number of halogens is 3. The van der Waals surface area contributed by atoms with Crippen molar-refractivity contribution in [1.29, 1.82) is 0 Å². The lowest BCUT2D eigenvalue weighted by atomic mass is 10.2. The molecule has 2 heterocycles. The third-order valence-corrected chi connectivity index (χ3v) is 3.28. The summed E-state index contributed by atoms with van der Waals surface area (Å²) in [6.45, 7) is 4.57. The Morgan fingerprint density at radius 1 is 1.46 bits per heavy atom. The fourth-order valence-corrected chi connectivity index (χ4v) is 1.97. The van der Waals surface area contributed by atoms with Gasteiger partial charge in [0.1, 0.15) is 0 Å². The van der Waals surface area contributed by atoms with Gasteiger partial charge in [-0.2, -0.15) is 18.3 Å². The molecular formula is C14H19F3N4O3. The number of piperazine rings is 1. The van der Waals surface area contributed by atoms with Crippen molar-refractivity contribution in [2.75, 3.05) is 19.6 Å². The normalized spacial score (nSPS) is 18.2. The van der Waals surface area contributed by atoms with Crippen molar-refractivity contribution in [3.8, 4) is 0 Å². The molecule has 2 N–H and O–H groups in total. The van der Waals surface area contributed by atoms with E-state index in [4.69, 9.17) is 9.90 Å². The van der Waals surface area contributed by atoms with Gasteiger partial charge in [0.25, 0.3) is 0 Å². The predicted octanol–water partition coefficient (Wildman–Crippen LogP) is 0.887. The Hall–Kier alpha value is -2.36. The lowest BCUT2D eigenvalue weighted by molar-refractivity contribution is -0.192. The topological polar surface area (TPSA) is 87.5 Å². The van der Waals surface area contributed by atoms with Crippen LogP contribution < -0.4 is 5.32 Å². The van der Waals surface area contributed by atoms with E-state index in [0.29, 0.717) is 0 Å². The van der Waals surface area contributed by atoms with Gasteiger partial charge in [-0.15, -0.1) is 0 Å². The number of aryl methyl sites for hydroxylation is 1. The molecule has 1 aliphatic heterocycles. The van der Waals surface area contributed by atoms with E-state index >= 15 is 0 Å². The van der Waals surface area contributed by atoms with Crippen LogP contribution in [0.5, 0.6) is 0 Å². The number of nitrogens with zero attached hydrogens (tertiary/aromatic N) is 3. The Balaban J connectivity index is 0.000000351. The third-order valence-electron chi connectivity index (χ3n) is 3.28. The van der Waals surface area contributed by atoms with E-state index in [1.54, 1.807) is 17.0 Å². The first-order chi connectivity index (χ1) is 11.1. The third kappa shape index (κ3) is 6.03. The molecule has 134 valence electrons. The fraction of sp³-hybridized carbons (Fsp3) is 0.500. The summed E-state index contributed by atoms with van der Waals surface area (Å²) >= 11 is 0. The molecule has 0 aromatic carbocycles. The van der Waals surface area contributed by atoms with Crippen LogP contribution in [-0.2, 0) is 16.6 Å². The zero-order valence-corrected chi connectivity index (χ0v) is 13.2. The van der Waals surface area contributed by atoms with Gasteiger partial charge in [0.05, 0.1) is 5.69 Å². The quantitative estimate of drug-likeness (QED) is 0.775. The predicted molar refractivity (Wildman–Crippen MR) is 80.0 cm³/mol. The fourth-order valence-electron chi connectivity index (χ4n) is 1.97. The van der Waals surface area contributed by atoms with Crippen LogP contribution in [0.2, 0.25) is 0 Å². The van der Waals surface area contributed by atoms with Crippen LogP contribution in [0.15, 0.2) is 18.3 Å². The standard InChI is InChI=1S/C12H18N4O.C2HF3O2/c1-10-9-13-7-8-16(10)12(17)4-3-11-5-6-14-15(11)2;3-2(4,5)1(6)7/h3-6,10,13H,7-9H2,1-2H3;(H,6,7)/b4-3+;. The van der Waals surface area contributed by atoms with Crippen LogP contribution in [0, 0.1) is 0 Å². The molecule has 1 fully saturated rings. The molecule has 1 unspecified atom stereocenters. The minimum Gasteiger partial charge on any atom is -0.475 e. The van der Waals surface area contributed by atoms with Crippen molar-refractivity contribution in [1.82, 2.24) is 20.0 Å². The lowest BCUT2D eigenvalue weighted by Crippen LogP contribution is -2.51. The Kier molecular flexibility index (Phi) is 6.96. The van der Waals surface area contributed by atoms with Crippen molar-refractivity contribution >= 4 is 18.0 Å². The summed E-state index contributed by atoms with van der Waals surface area (Å²) in [6, 6.07) is 2.14. The van der Waals surface area contributed by atoms with Crippen molar-refractivity contribution in [3.63, 3.8) is 0 Å². The number of carbonyl (C=O) groups is 2. The summed E-state index contributed by atoms with van der Waals surface area (Å²) in [5, 5.41) is 14.4. The highest BCUT2D eigenvalue weighted by atomic mass is 19.4. The molecule has 1 aliphatic rings. The number of carbonyl (C=O) groups excluding carboxylic acids is 1. The molecule has 7 nitrogen and oxygen atoms in total. The molecule has 1 aromatic rings. The second-order valence-electron chi connectivity index (χ2n) is 5.10. The number of aromatic nitrogens is 2. The molecule has 0 saturated carbocycles. The van der Waals surface area contributed by atoms with E-state index < -0.39 is 12.1 Å². The number of carboxylic acids is 1. The van der Waals surface area contributed by atoms with Crippen LogP contribution in [0.1, 0.15) is 12.6 Å². The first kappa shape index (κ1) is 19.7. The largest absolute Gasteiger partial charge is 0.490 e. The monoisotopic (exact) mass is 348 g/mol. The summed E-state index contributed by atoms with van der Waals surface area (Å²) in [5.41, 5.74) is 0.932. The highest BCUT2D eigenvalue weighted by molar-refractivity contribution is 5.91. The molecule has 0 aliphatic carbocycles. The Morgan fingerprint density at radius 2 is 2.08 bits per heavy atom. The van der Waals surface area contributed by atoms with Gasteiger partial charge in [0, 0.05) is 45.0 Å². The van der Waals surface area contributed by atoms with Gasteiger partial charge in [0.15, 0.2) is 0 Å². The van der Waals surface area contributed by atoms with Crippen LogP contribution in [0.25, 0.3) is 6.08 Å². The number of amides is 1. The van der Waals surface area contributed by atoms with Crippen LogP contribution in [0.4, 0.5) is 13.2 Å². The summed E-state index contributed by atoms with van der Waals surface area (Å²) < 4.78 is 33.5. The molecule has 0 radical (unpaired) electrons. The van der Waals surface area contributed by atoms with Crippen molar-refractivity contribution < 1.29 is 27.9 Å². The zero-order valence-electron chi connectivity index (χ0n) is 13.2. The maximum Gasteiger partial charge on any atom is 0.490 e. The zero-order chi connectivity index (χ0) is 18.3. The van der Waals surface area contributed by atoms with Crippen LogP contribution >= 0.6 is 0 Å². The Labute approximate surface area is 136 Å². The van der Waals surface area contributed by atoms with Crippen molar-refractivity contribution in [2.24, 2.45) is 7.05 Å². The van der Waals surface area contributed by atoms with Crippen molar-refractivity contribution in [3.05, 3.63) is 24.0 Å². The van der Waals surface area contributed by atoms with Crippen molar-refractivity contribution in [2.45, 2.75) is 19.1 Å². The van der Waals surface area contributed by atoms with Gasteiger partial charge in [-0.3, -0.25) is 9.48 Å². The average molecular weight is 348 g/mol. The maximum atomic E-state index is 12.0. The Morgan fingerprint density at radius 3 is 2.54 bits per heavy atom. The van der Waals surface area contributed by atoms with E-state index in [1.807, 2.05) is 24.1 Å². The molecule has 1 atom stereocenters. The summed E-state index contributed by atoms with van der Waals surface area (Å²) in [6.07, 6.45) is 0.0700. The van der Waals surface area contributed by atoms with Gasteiger partial charge in [-0.1, -0.05) is 0 Å². The molecule has 10 heteroatoms. The summed E-state index contributed by atoms with van der Waals surface area (Å²) in [5.74, 6) is -2.69. The van der Waals surface area contributed by atoms with E-state index in [0.717, 1.165) is 25.3 Å². The number of hydrogen-bond donors (Lipinski definition) is 2.